The molecule has 2 aliphatic carbocycles. The summed E-state index contributed by atoms with van der Waals surface area (Å²) in [5.74, 6) is 1.92. The number of nitrogens with zero attached hydrogens (tertiary/aromatic N) is 5. The van der Waals surface area contributed by atoms with Crippen LogP contribution in [0.5, 0.6) is 0 Å². The highest BCUT2D eigenvalue weighted by Crippen LogP contribution is 2.52. The third-order valence-electron chi connectivity index (χ3n) is 6.02. The lowest BCUT2D eigenvalue weighted by Crippen LogP contribution is -2.38. The van der Waals surface area contributed by atoms with Crippen LogP contribution in [0.1, 0.15) is 49.8 Å². The molecule has 3 aliphatic rings. The van der Waals surface area contributed by atoms with Crippen molar-refractivity contribution in [2.24, 2.45) is 12.5 Å². The number of aryl methyl sites for hydroxylation is 1. The molecule has 0 bridgehead atoms. The summed E-state index contributed by atoms with van der Waals surface area (Å²) in [4.78, 5) is 2.44. The van der Waals surface area contributed by atoms with Crippen molar-refractivity contribution < 1.29 is 0 Å². The van der Waals surface area contributed by atoms with E-state index in [1.807, 2.05) is 0 Å². The Morgan fingerprint density at radius 3 is 2.78 bits per heavy atom. The Morgan fingerprint density at radius 1 is 1.04 bits per heavy atom. The fourth-order valence-corrected chi connectivity index (χ4v) is 4.43. The van der Waals surface area contributed by atoms with E-state index in [0.717, 1.165) is 43.4 Å². The van der Waals surface area contributed by atoms with Gasteiger partial charge in [-0.1, -0.05) is 0 Å². The first-order valence-corrected chi connectivity index (χ1v) is 8.97. The Labute approximate surface area is 136 Å². The number of anilines is 1. The SMILES string of the molecule is Cn1c(-c2n[nH]c3c2CCCC3)nnc1N1CCCC2(CC2)C1. The zero-order chi connectivity index (χ0) is 15.4. The monoisotopic (exact) mass is 312 g/mol. The molecule has 23 heavy (non-hydrogen) atoms. The predicted molar refractivity (Wildman–Crippen MR) is 88.3 cm³/mol. The number of fused-ring (bicyclic) bond motifs is 1. The molecular formula is C17H24N6. The van der Waals surface area contributed by atoms with Gasteiger partial charge in [0.15, 0.2) is 5.82 Å². The molecule has 6 heteroatoms. The lowest BCUT2D eigenvalue weighted by molar-refractivity contribution is 0.389. The predicted octanol–water partition coefficient (Wildman–Crippen LogP) is 2.46. The van der Waals surface area contributed by atoms with Gasteiger partial charge in [0.2, 0.25) is 5.95 Å². The molecule has 5 rings (SSSR count). The lowest BCUT2D eigenvalue weighted by atomic mass is 9.95. The van der Waals surface area contributed by atoms with Crippen molar-refractivity contribution in [2.75, 3.05) is 18.0 Å². The van der Waals surface area contributed by atoms with Crippen molar-refractivity contribution in [3.63, 3.8) is 0 Å². The molecule has 6 nitrogen and oxygen atoms in total. The van der Waals surface area contributed by atoms with Crippen LogP contribution in [-0.2, 0) is 19.9 Å². The Bertz CT molecular complexity index is 738. The van der Waals surface area contributed by atoms with Crippen LogP contribution in [0.25, 0.3) is 11.5 Å². The Hall–Kier alpha value is -1.85. The second-order valence-electron chi connectivity index (χ2n) is 7.64. The zero-order valence-electron chi connectivity index (χ0n) is 13.8. The van der Waals surface area contributed by atoms with Gasteiger partial charge in [-0.15, -0.1) is 10.2 Å². The number of aromatic nitrogens is 5. The quantitative estimate of drug-likeness (QED) is 0.925. The lowest BCUT2D eigenvalue weighted by Gasteiger charge is -2.33. The van der Waals surface area contributed by atoms with E-state index in [2.05, 4.69) is 36.9 Å². The van der Waals surface area contributed by atoms with Crippen LogP contribution in [0, 0.1) is 5.41 Å². The van der Waals surface area contributed by atoms with Gasteiger partial charge in [-0.05, 0) is 56.8 Å². The topological polar surface area (TPSA) is 62.6 Å². The highest BCUT2D eigenvalue weighted by Gasteiger charge is 2.46. The van der Waals surface area contributed by atoms with Gasteiger partial charge in [0.25, 0.3) is 0 Å². The van der Waals surface area contributed by atoms with E-state index in [9.17, 15) is 0 Å². The van der Waals surface area contributed by atoms with Crippen LogP contribution in [0.3, 0.4) is 0 Å². The second-order valence-corrected chi connectivity index (χ2v) is 7.64. The smallest absolute Gasteiger partial charge is 0.227 e. The van der Waals surface area contributed by atoms with Crippen molar-refractivity contribution in [1.29, 1.82) is 0 Å². The second kappa shape index (κ2) is 4.82. The molecule has 2 fully saturated rings. The number of nitrogens with one attached hydrogen (secondary N) is 1. The largest absolute Gasteiger partial charge is 0.340 e. The standard InChI is InChI=1S/C17H24N6/c1-22-15(14-12-5-2-3-6-13(12)18-19-14)20-21-16(22)23-10-4-7-17(11-23)8-9-17/h2-11H2,1H3,(H,18,19). The minimum atomic E-state index is 0.593. The Kier molecular flexibility index (Phi) is 2.85. The van der Waals surface area contributed by atoms with Gasteiger partial charge in [-0.2, -0.15) is 5.10 Å². The molecule has 1 saturated carbocycles. The van der Waals surface area contributed by atoms with Gasteiger partial charge >= 0.3 is 0 Å². The van der Waals surface area contributed by atoms with E-state index in [1.165, 1.54) is 49.8 Å². The summed E-state index contributed by atoms with van der Waals surface area (Å²) < 4.78 is 2.15. The molecule has 0 unspecified atom stereocenters. The zero-order valence-corrected chi connectivity index (χ0v) is 13.8. The van der Waals surface area contributed by atoms with Gasteiger partial charge in [-0.3, -0.25) is 9.67 Å². The van der Waals surface area contributed by atoms with Crippen molar-refractivity contribution >= 4 is 5.95 Å². The van der Waals surface area contributed by atoms with E-state index < -0.39 is 0 Å². The van der Waals surface area contributed by atoms with Crippen LogP contribution in [-0.4, -0.2) is 38.1 Å². The van der Waals surface area contributed by atoms with Gasteiger partial charge in [0.1, 0.15) is 5.69 Å². The highest BCUT2D eigenvalue weighted by atomic mass is 15.4. The van der Waals surface area contributed by atoms with Gasteiger partial charge in [0, 0.05) is 31.4 Å². The van der Waals surface area contributed by atoms with Crippen LogP contribution < -0.4 is 4.90 Å². The minimum absolute atomic E-state index is 0.593. The Morgan fingerprint density at radius 2 is 1.91 bits per heavy atom. The molecule has 2 aromatic rings. The molecule has 1 aliphatic heterocycles. The summed E-state index contributed by atoms with van der Waals surface area (Å²) in [7, 11) is 2.09. The molecule has 1 saturated heterocycles. The fourth-order valence-electron chi connectivity index (χ4n) is 4.43. The number of aromatic amines is 1. The number of hydrogen-bond donors (Lipinski definition) is 1. The molecule has 0 amide bonds. The van der Waals surface area contributed by atoms with E-state index in [-0.39, 0.29) is 0 Å². The normalized spacial score (nSPS) is 22.4. The number of piperidine rings is 1. The molecule has 0 aromatic carbocycles. The third kappa shape index (κ3) is 2.11. The molecule has 1 N–H and O–H groups in total. The van der Waals surface area contributed by atoms with E-state index in [0.29, 0.717) is 5.41 Å². The molecule has 0 atom stereocenters. The maximum atomic E-state index is 4.56. The van der Waals surface area contributed by atoms with Crippen molar-refractivity contribution in [2.45, 2.75) is 51.4 Å². The van der Waals surface area contributed by atoms with Crippen LogP contribution in [0.2, 0.25) is 0 Å². The van der Waals surface area contributed by atoms with Crippen molar-refractivity contribution in [1.82, 2.24) is 25.0 Å². The molecule has 0 radical (unpaired) electrons. The average molecular weight is 312 g/mol. The first-order valence-electron chi connectivity index (χ1n) is 8.97. The first kappa shape index (κ1) is 13.6. The van der Waals surface area contributed by atoms with E-state index in [4.69, 9.17) is 0 Å². The molecular weight excluding hydrogens is 288 g/mol. The van der Waals surface area contributed by atoms with Crippen LogP contribution in [0.4, 0.5) is 5.95 Å². The molecule has 1 spiro atoms. The maximum absolute atomic E-state index is 4.56. The fraction of sp³-hybridized carbons (Fsp3) is 0.706. The van der Waals surface area contributed by atoms with E-state index >= 15 is 0 Å². The summed E-state index contributed by atoms with van der Waals surface area (Å²) in [6.07, 6.45) is 10.2. The number of rotatable bonds is 2. The van der Waals surface area contributed by atoms with Crippen molar-refractivity contribution in [3.05, 3.63) is 11.3 Å². The van der Waals surface area contributed by atoms with Gasteiger partial charge < -0.3 is 4.90 Å². The first-order chi connectivity index (χ1) is 11.3. The Balaban J connectivity index is 1.49. The van der Waals surface area contributed by atoms with Gasteiger partial charge in [-0.25, -0.2) is 0 Å². The summed E-state index contributed by atoms with van der Waals surface area (Å²) in [5.41, 5.74) is 4.26. The molecule has 2 aromatic heterocycles. The maximum Gasteiger partial charge on any atom is 0.227 e. The third-order valence-corrected chi connectivity index (χ3v) is 6.02. The number of hydrogen-bond acceptors (Lipinski definition) is 4. The summed E-state index contributed by atoms with van der Waals surface area (Å²) in [6.45, 7) is 2.25. The molecule has 3 heterocycles. The van der Waals surface area contributed by atoms with Crippen molar-refractivity contribution in [3.8, 4) is 11.5 Å². The summed E-state index contributed by atoms with van der Waals surface area (Å²) >= 11 is 0. The summed E-state index contributed by atoms with van der Waals surface area (Å²) in [6, 6.07) is 0. The van der Waals surface area contributed by atoms with E-state index in [1.54, 1.807) is 0 Å². The number of H-pyrrole nitrogens is 1. The van der Waals surface area contributed by atoms with Crippen LogP contribution in [0.15, 0.2) is 0 Å². The minimum Gasteiger partial charge on any atom is -0.340 e. The summed E-state index contributed by atoms with van der Waals surface area (Å²) in [5, 5.41) is 16.8. The van der Waals surface area contributed by atoms with Crippen LogP contribution >= 0.6 is 0 Å². The average Bonchev–Trinajstić information content (AvgIpc) is 3.02. The highest BCUT2D eigenvalue weighted by molar-refractivity contribution is 5.59. The van der Waals surface area contributed by atoms with Gasteiger partial charge in [0.05, 0.1) is 0 Å². The molecule has 122 valence electrons.